The molecule has 2 N–H and O–H groups in total. The molecule has 5 nitrogen and oxygen atoms in total. The molecule has 1 aromatic heterocycles. The number of fused-ring (bicyclic) bond motifs is 3. The normalized spacial score (nSPS) is 18.6. The van der Waals surface area contributed by atoms with Crippen LogP contribution in [-0.4, -0.2) is 19.6 Å². The first-order valence-electron chi connectivity index (χ1n) is 8.74. The second kappa shape index (κ2) is 6.59. The number of aryl methyl sites for hydroxylation is 1. The maximum atomic E-state index is 12.7. The van der Waals surface area contributed by atoms with Crippen molar-refractivity contribution in [3.63, 3.8) is 0 Å². The Hall–Kier alpha value is -2.21. The smallest absolute Gasteiger partial charge is 0.256 e. The van der Waals surface area contributed by atoms with Gasteiger partial charge in [0.15, 0.2) is 11.5 Å². The molecule has 0 radical (unpaired) electrons. The van der Waals surface area contributed by atoms with Crippen LogP contribution in [0.2, 0.25) is 0 Å². The summed E-state index contributed by atoms with van der Waals surface area (Å²) in [6, 6.07) is 5.77. The van der Waals surface area contributed by atoms with E-state index in [1.54, 1.807) is 18.4 Å². The zero-order chi connectivity index (χ0) is 17.4. The van der Waals surface area contributed by atoms with Crippen molar-refractivity contribution < 1.29 is 14.3 Å². The van der Waals surface area contributed by atoms with E-state index in [0.29, 0.717) is 18.1 Å². The van der Waals surface area contributed by atoms with E-state index in [0.717, 1.165) is 29.0 Å². The molecule has 0 saturated heterocycles. The Morgan fingerprint density at radius 2 is 2.04 bits per heavy atom. The molecule has 0 spiro atoms. The van der Waals surface area contributed by atoms with Crippen LogP contribution in [0.1, 0.15) is 52.3 Å². The van der Waals surface area contributed by atoms with Crippen LogP contribution in [0.4, 0.5) is 5.00 Å². The van der Waals surface area contributed by atoms with Gasteiger partial charge in [0, 0.05) is 4.88 Å². The van der Waals surface area contributed by atoms with Gasteiger partial charge >= 0.3 is 0 Å². The van der Waals surface area contributed by atoms with Gasteiger partial charge in [-0.25, -0.2) is 0 Å². The van der Waals surface area contributed by atoms with Crippen molar-refractivity contribution in [1.82, 2.24) is 5.32 Å². The highest BCUT2D eigenvalue weighted by molar-refractivity contribution is 7.16. The molecule has 6 heteroatoms. The first-order chi connectivity index (χ1) is 12.2. The lowest BCUT2D eigenvalue weighted by Gasteiger charge is -2.27. The number of hydrogen-bond donors (Lipinski definition) is 2. The monoisotopic (exact) mass is 358 g/mol. The Bertz CT molecular complexity index is 815. The van der Waals surface area contributed by atoms with Crippen molar-refractivity contribution >= 4 is 22.2 Å². The quantitative estimate of drug-likeness (QED) is 0.871. The number of nitrogens with one attached hydrogen (secondary N) is 2. The topological polar surface area (TPSA) is 59.6 Å². The summed E-state index contributed by atoms with van der Waals surface area (Å²) < 4.78 is 11.0. The summed E-state index contributed by atoms with van der Waals surface area (Å²) in [5.74, 6) is 1.40. The Balaban J connectivity index is 1.65. The molecule has 2 aliphatic rings. The number of ether oxygens (including phenoxy) is 2. The highest BCUT2D eigenvalue weighted by Crippen LogP contribution is 2.42. The van der Waals surface area contributed by atoms with Crippen LogP contribution < -0.4 is 20.1 Å². The molecular weight excluding hydrogens is 336 g/mol. The molecule has 0 saturated carbocycles. The van der Waals surface area contributed by atoms with Crippen molar-refractivity contribution in [3.8, 4) is 11.5 Å². The lowest BCUT2D eigenvalue weighted by molar-refractivity contribution is 0.0935. The fourth-order valence-electron chi connectivity index (χ4n) is 3.58. The Kier molecular flexibility index (Phi) is 4.29. The number of hydrogen-bond acceptors (Lipinski definition) is 5. The third kappa shape index (κ3) is 2.84. The predicted molar refractivity (Wildman–Crippen MR) is 99.0 cm³/mol. The van der Waals surface area contributed by atoms with Crippen molar-refractivity contribution in [2.45, 2.75) is 38.8 Å². The lowest BCUT2D eigenvalue weighted by atomic mass is 9.94. The molecule has 25 heavy (non-hydrogen) atoms. The molecule has 1 atom stereocenters. The third-order valence-corrected chi connectivity index (χ3v) is 5.99. The fourth-order valence-corrected chi connectivity index (χ4v) is 4.90. The van der Waals surface area contributed by atoms with Crippen molar-refractivity contribution in [2.24, 2.45) is 0 Å². The highest BCUT2D eigenvalue weighted by atomic mass is 32.1. The molecule has 1 aliphatic carbocycles. The van der Waals surface area contributed by atoms with Crippen LogP contribution in [-0.2, 0) is 12.8 Å². The Morgan fingerprint density at radius 1 is 1.20 bits per heavy atom. The van der Waals surface area contributed by atoms with Crippen LogP contribution in [0, 0.1) is 0 Å². The van der Waals surface area contributed by atoms with Gasteiger partial charge in [0.1, 0.15) is 11.2 Å². The van der Waals surface area contributed by atoms with E-state index in [4.69, 9.17) is 9.47 Å². The molecular formula is C19H22N2O3S. The molecule has 0 bridgehead atoms. The molecule has 4 rings (SSSR count). The minimum Gasteiger partial charge on any atom is -0.493 e. The van der Waals surface area contributed by atoms with E-state index < -0.39 is 0 Å². The summed E-state index contributed by atoms with van der Waals surface area (Å²) in [5.41, 5.74) is 3.05. The summed E-state index contributed by atoms with van der Waals surface area (Å²) in [5, 5.41) is 7.58. The van der Waals surface area contributed by atoms with E-state index in [-0.39, 0.29) is 12.1 Å². The fraction of sp³-hybridized carbons (Fsp3) is 0.421. The van der Waals surface area contributed by atoms with Gasteiger partial charge in [-0.3, -0.25) is 4.79 Å². The molecule has 1 aliphatic heterocycles. The minimum absolute atomic E-state index is 0.0194. The van der Waals surface area contributed by atoms with Crippen molar-refractivity contribution in [2.75, 3.05) is 19.0 Å². The second-order valence-corrected chi connectivity index (χ2v) is 7.41. The number of benzene rings is 1. The van der Waals surface area contributed by atoms with Crippen molar-refractivity contribution in [1.29, 1.82) is 0 Å². The van der Waals surface area contributed by atoms with Crippen LogP contribution in [0.5, 0.6) is 11.5 Å². The van der Waals surface area contributed by atoms with Gasteiger partial charge < -0.3 is 20.1 Å². The number of thiophene rings is 1. The van der Waals surface area contributed by atoms with Gasteiger partial charge in [-0.15, -0.1) is 11.3 Å². The van der Waals surface area contributed by atoms with Crippen LogP contribution in [0.25, 0.3) is 0 Å². The minimum atomic E-state index is -0.260. The number of amides is 1. The van der Waals surface area contributed by atoms with Gasteiger partial charge in [0.25, 0.3) is 5.91 Å². The number of carbonyl (C=O) groups is 1. The molecule has 2 heterocycles. The molecule has 1 unspecified atom stereocenters. The molecule has 2 aromatic rings. The maximum absolute atomic E-state index is 12.7. The van der Waals surface area contributed by atoms with Gasteiger partial charge in [-0.1, -0.05) is 6.07 Å². The maximum Gasteiger partial charge on any atom is 0.256 e. The highest BCUT2D eigenvalue weighted by Gasteiger charge is 2.32. The summed E-state index contributed by atoms with van der Waals surface area (Å²) in [7, 11) is 1.62. The zero-order valence-electron chi connectivity index (χ0n) is 14.5. The largest absolute Gasteiger partial charge is 0.493 e. The lowest BCUT2D eigenvalue weighted by Crippen LogP contribution is -2.38. The Morgan fingerprint density at radius 3 is 2.84 bits per heavy atom. The van der Waals surface area contributed by atoms with Crippen molar-refractivity contribution in [3.05, 3.63) is 39.8 Å². The molecule has 0 fully saturated rings. The third-order valence-electron chi connectivity index (χ3n) is 4.77. The average molecular weight is 358 g/mol. The van der Waals surface area contributed by atoms with E-state index in [1.807, 2.05) is 25.1 Å². The SMILES string of the molecule is CCOc1ccc(C2NC(=O)c3c(sc4c3CCCC4)N2)cc1OC. The molecule has 1 amide bonds. The standard InChI is InChI=1S/C19H22N2O3S/c1-3-24-13-9-8-11(10-14(13)23-2)17-20-18(22)16-12-6-4-5-7-15(12)25-19(16)21-17/h8-10,17,21H,3-7H2,1-2H3,(H,20,22). The van der Waals surface area contributed by atoms with E-state index >= 15 is 0 Å². The second-order valence-electron chi connectivity index (χ2n) is 6.31. The van der Waals surface area contributed by atoms with E-state index in [2.05, 4.69) is 10.6 Å². The Labute approximate surface area is 151 Å². The van der Waals surface area contributed by atoms with Gasteiger partial charge in [-0.05, 0) is 55.9 Å². The summed E-state index contributed by atoms with van der Waals surface area (Å²) in [4.78, 5) is 14.1. The van der Waals surface area contributed by atoms with Crippen LogP contribution >= 0.6 is 11.3 Å². The van der Waals surface area contributed by atoms with Gasteiger partial charge in [0.2, 0.25) is 0 Å². The summed E-state index contributed by atoms with van der Waals surface area (Å²) >= 11 is 1.73. The van der Waals surface area contributed by atoms with Crippen LogP contribution in [0.3, 0.4) is 0 Å². The first-order valence-corrected chi connectivity index (χ1v) is 9.55. The van der Waals surface area contributed by atoms with Crippen LogP contribution in [0.15, 0.2) is 18.2 Å². The zero-order valence-corrected chi connectivity index (χ0v) is 15.3. The number of rotatable bonds is 4. The predicted octanol–water partition coefficient (Wildman–Crippen LogP) is 3.89. The summed E-state index contributed by atoms with van der Waals surface area (Å²) in [6.45, 7) is 2.52. The molecule has 1 aromatic carbocycles. The number of anilines is 1. The number of carbonyl (C=O) groups excluding carboxylic acids is 1. The first kappa shape index (κ1) is 16.3. The van der Waals surface area contributed by atoms with Gasteiger partial charge in [-0.2, -0.15) is 0 Å². The summed E-state index contributed by atoms with van der Waals surface area (Å²) in [6.07, 6.45) is 4.22. The van der Waals surface area contributed by atoms with Gasteiger partial charge in [0.05, 0.1) is 19.3 Å². The number of methoxy groups -OCH3 is 1. The molecule has 132 valence electrons. The van der Waals surface area contributed by atoms with E-state index in [1.165, 1.54) is 23.3 Å². The van der Waals surface area contributed by atoms with E-state index in [9.17, 15) is 4.79 Å². The average Bonchev–Trinajstić information content (AvgIpc) is 3.01.